The van der Waals surface area contributed by atoms with E-state index in [1.165, 1.54) is 0 Å². The van der Waals surface area contributed by atoms with Gasteiger partial charge in [0.15, 0.2) is 0 Å². The minimum absolute atomic E-state index is 0.130. The number of H-pyrrole nitrogens is 1. The number of hydrogen-bond acceptors (Lipinski definition) is 4. The lowest BCUT2D eigenvalue weighted by Gasteiger charge is -2.08. The van der Waals surface area contributed by atoms with Crippen LogP contribution in [0.5, 0.6) is 11.6 Å². The Morgan fingerprint density at radius 3 is 2.78 bits per heavy atom. The Balaban J connectivity index is 2.22. The van der Waals surface area contributed by atoms with E-state index in [1.54, 1.807) is 13.0 Å². The van der Waals surface area contributed by atoms with E-state index in [4.69, 9.17) is 21.1 Å². The number of ether oxygens (including phenoxy) is 2. The van der Waals surface area contributed by atoms with Crippen LogP contribution in [0.4, 0.5) is 0 Å². The number of nitrogens with zero attached hydrogens (tertiary/aromatic N) is 1. The summed E-state index contributed by atoms with van der Waals surface area (Å²) in [5.41, 5.74) is 2.60. The predicted octanol–water partition coefficient (Wildman–Crippen LogP) is 4.46. The SMILES string of the molecule is CCOC(=O)Cc1n[nH]c(Oc2cc(Cl)cc(CI)c2)c1CC. The number of nitrogens with one attached hydrogen (secondary N) is 1. The summed E-state index contributed by atoms with van der Waals surface area (Å²) >= 11 is 8.38. The van der Waals surface area contributed by atoms with Gasteiger partial charge in [-0.1, -0.05) is 41.1 Å². The van der Waals surface area contributed by atoms with E-state index in [2.05, 4.69) is 32.8 Å². The summed E-state index contributed by atoms with van der Waals surface area (Å²) in [6.45, 7) is 4.12. The molecule has 1 heterocycles. The van der Waals surface area contributed by atoms with Gasteiger partial charge >= 0.3 is 5.97 Å². The molecular weight excluding hydrogens is 431 g/mol. The zero-order chi connectivity index (χ0) is 16.8. The highest BCUT2D eigenvalue weighted by Crippen LogP contribution is 2.29. The molecule has 0 aliphatic rings. The standard InChI is InChI=1S/C16H18ClIN2O3/c1-3-13-14(8-15(21)22-4-2)19-20-16(13)23-12-6-10(9-18)5-11(17)7-12/h5-7H,3-4,8-9H2,1-2H3,(H,19,20). The van der Waals surface area contributed by atoms with Crippen molar-refractivity contribution in [1.29, 1.82) is 0 Å². The molecule has 0 radical (unpaired) electrons. The number of aromatic amines is 1. The fourth-order valence-corrected chi connectivity index (χ4v) is 2.89. The first-order valence-corrected chi connectivity index (χ1v) is 9.22. The lowest BCUT2D eigenvalue weighted by molar-refractivity contribution is -0.142. The Kier molecular flexibility index (Phi) is 6.71. The van der Waals surface area contributed by atoms with Gasteiger partial charge in [0, 0.05) is 15.0 Å². The van der Waals surface area contributed by atoms with Crippen LogP contribution >= 0.6 is 34.2 Å². The van der Waals surface area contributed by atoms with Gasteiger partial charge < -0.3 is 9.47 Å². The number of carbonyl (C=O) groups excluding carboxylic acids is 1. The van der Waals surface area contributed by atoms with Crippen molar-refractivity contribution in [3.05, 3.63) is 40.0 Å². The van der Waals surface area contributed by atoms with Crippen LogP contribution in [-0.2, 0) is 26.8 Å². The van der Waals surface area contributed by atoms with Crippen molar-refractivity contribution in [2.24, 2.45) is 0 Å². The summed E-state index contributed by atoms with van der Waals surface area (Å²) in [7, 11) is 0. The van der Waals surface area contributed by atoms with Crippen LogP contribution in [-0.4, -0.2) is 22.8 Å². The molecule has 0 saturated heterocycles. The number of esters is 1. The minimum Gasteiger partial charge on any atom is -0.466 e. The molecule has 2 rings (SSSR count). The highest BCUT2D eigenvalue weighted by Gasteiger charge is 2.17. The Morgan fingerprint density at radius 2 is 2.13 bits per heavy atom. The average molecular weight is 449 g/mol. The highest BCUT2D eigenvalue weighted by molar-refractivity contribution is 14.1. The van der Waals surface area contributed by atoms with Crippen molar-refractivity contribution in [3.8, 4) is 11.6 Å². The van der Waals surface area contributed by atoms with Crippen LogP contribution in [0, 0.1) is 0 Å². The zero-order valence-corrected chi connectivity index (χ0v) is 15.9. The third-order valence-electron chi connectivity index (χ3n) is 3.19. The summed E-state index contributed by atoms with van der Waals surface area (Å²) in [6.07, 6.45) is 0.825. The van der Waals surface area contributed by atoms with Crippen LogP contribution in [0.15, 0.2) is 18.2 Å². The molecule has 0 aliphatic carbocycles. The van der Waals surface area contributed by atoms with Crippen LogP contribution in [0.2, 0.25) is 5.02 Å². The Hall–Kier alpha value is -1.28. The van der Waals surface area contributed by atoms with E-state index in [0.29, 0.717) is 35.4 Å². The van der Waals surface area contributed by atoms with Gasteiger partial charge in [-0.3, -0.25) is 4.79 Å². The Morgan fingerprint density at radius 1 is 1.35 bits per heavy atom. The Bertz CT molecular complexity index is 688. The topological polar surface area (TPSA) is 64.2 Å². The zero-order valence-electron chi connectivity index (χ0n) is 13.0. The van der Waals surface area contributed by atoms with E-state index in [1.807, 2.05) is 19.1 Å². The third-order valence-corrected chi connectivity index (χ3v) is 4.29. The molecule has 1 aromatic heterocycles. The molecule has 0 unspecified atom stereocenters. The normalized spacial score (nSPS) is 10.6. The van der Waals surface area contributed by atoms with Crippen LogP contribution < -0.4 is 4.74 Å². The maximum absolute atomic E-state index is 11.6. The predicted molar refractivity (Wildman–Crippen MR) is 97.6 cm³/mol. The van der Waals surface area contributed by atoms with Crippen LogP contribution in [0.3, 0.4) is 0 Å². The lowest BCUT2D eigenvalue weighted by Crippen LogP contribution is -2.09. The third kappa shape index (κ3) is 4.84. The Labute approximate surface area is 153 Å². The van der Waals surface area contributed by atoms with Crippen molar-refractivity contribution in [2.75, 3.05) is 6.61 Å². The second kappa shape index (κ2) is 8.54. The molecule has 124 valence electrons. The molecule has 0 amide bonds. The average Bonchev–Trinajstić information content (AvgIpc) is 2.88. The number of rotatable bonds is 7. The molecule has 0 saturated carbocycles. The van der Waals surface area contributed by atoms with Crippen LogP contribution in [0.1, 0.15) is 30.7 Å². The summed E-state index contributed by atoms with van der Waals surface area (Å²) in [5.74, 6) is 0.883. The smallest absolute Gasteiger partial charge is 0.311 e. The first-order chi connectivity index (χ1) is 11.1. The number of carbonyl (C=O) groups is 1. The monoisotopic (exact) mass is 448 g/mol. The first kappa shape index (κ1) is 18.1. The van der Waals surface area contributed by atoms with E-state index >= 15 is 0 Å². The van der Waals surface area contributed by atoms with Gasteiger partial charge in [-0.25, -0.2) is 5.10 Å². The van der Waals surface area contributed by atoms with Crippen molar-refractivity contribution >= 4 is 40.2 Å². The van der Waals surface area contributed by atoms with Crippen molar-refractivity contribution in [3.63, 3.8) is 0 Å². The maximum Gasteiger partial charge on any atom is 0.311 e. The van der Waals surface area contributed by atoms with Gasteiger partial charge in [-0.15, -0.1) is 0 Å². The molecule has 23 heavy (non-hydrogen) atoms. The molecule has 0 atom stereocenters. The molecule has 5 nitrogen and oxygen atoms in total. The molecule has 7 heteroatoms. The van der Waals surface area contributed by atoms with Crippen molar-refractivity contribution in [1.82, 2.24) is 10.2 Å². The number of halogens is 2. The molecule has 1 N–H and O–H groups in total. The fourth-order valence-electron chi connectivity index (χ4n) is 2.20. The van der Waals surface area contributed by atoms with Crippen LogP contribution in [0.25, 0.3) is 0 Å². The summed E-state index contributed by atoms with van der Waals surface area (Å²) in [5, 5.41) is 7.66. The molecule has 2 aromatic rings. The van der Waals surface area contributed by atoms with E-state index in [9.17, 15) is 4.79 Å². The van der Waals surface area contributed by atoms with E-state index in [-0.39, 0.29) is 12.4 Å². The molecule has 0 spiro atoms. The van der Waals surface area contributed by atoms with Gasteiger partial charge in [-0.2, -0.15) is 5.10 Å². The molecule has 1 aromatic carbocycles. The number of alkyl halides is 1. The van der Waals surface area contributed by atoms with E-state index < -0.39 is 0 Å². The van der Waals surface area contributed by atoms with Crippen molar-refractivity contribution in [2.45, 2.75) is 31.1 Å². The summed E-state index contributed by atoms with van der Waals surface area (Å²) < 4.78 is 11.7. The fraction of sp³-hybridized carbons (Fsp3) is 0.375. The van der Waals surface area contributed by atoms with Gasteiger partial charge in [0.25, 0.3) is 0 Å². The maximum atomic E-state index is 11.6. The lowest BCUT2D eigenvalue weighted by atomic mass is 10.1. The largest absolute Gasteiger partial charge is 0.466 e. The molecule has 0 aliphatic heterocycles. The molecule has 0 bridgehead atoms. The summed E-state index contributed by atoms with van der Waals surface area (Å²) in [6, 6.07) is 5.59. The minimum atomic E-state index is -0.296. The van der Waals surface area contributed by atoms with Crippen molar-refractivity contribution < 1.29 is 14.3 Å². The molecular formula is C16H18ClIN2O3. The number of aromatic nitrogens is 2. The first-order valence-electron chi connectivity index (χ1n) is 7.32. The second-order valence-corrected chi connectivity index (χ2v) is 6.04. The quantitative estimate of drug-likeness (QED) is 0.386. The van der Waals surface area contributed by atoms with Gasteiger partial charge in [0.2, 0.25) is 5.88 Å². The number of benzene rings is 1. The van der Waals surface area contributed by atoms with Gasteiger partial charge in [0.1, 0.15) is 5.75 Å². The second-order valence-electron chi connectivity index (χ2n) is 4.84. The highest BCUT2D eigenvalue weighted by atomic mass is 127. The van der Waals surface area contributed by atoms with Gasteiger partial charge in [-0.05, 0) is 37.1 Å². The number of hydrogen-bond donors (Lipinski definition) is 1. The molecule has 0 fully saturated rings. The summed E-state index contributed by atoms with van der Waals surface area (Å²) in [4.78, 5) is 11.6. The van der Waals surface area contributed by atoms with E-state index in [0.717, 1.165) is 15.6 Å². The van der Waals surface area contributed by atoms with Gasteiger partial charge in [0.05, 0.1) is 18.7 Å².